The van der Waals surface area contributed by atoms with E-state index in [1.165, 1.54) is 49.4 Å². The minimum Gasteiger partial charge on any atom is -0.456 e. The van der Waals surface area contributed by atoms with Crippen LogP contribution in [0.15, 0.2) is 53.1 Å². The fourth-order valence-corrected chi connectivity index (χ4v) is 2.38. The molecule has 0 aliphatic heterocycles. The first-order chi connectivity index (χ1) is 14.3. The number of hydrogen-bond donors (Lipinski definition) is 1. The molecule has 0 spiro atoms. The molecule has 0 fully saturated rings. The first-order valence-corrected chi connectivity index (χ1v) is 8.64. The smallest absolute Gasteiger partial charge is 0.328 e. The van der Waals surface area contributed by atoms with Gasteiger partial charge in [-0.2, -0.15) is 4.98 Å². The second-order valence-corrected chi connectivity index (χ2v) is 6.13. The van der Waals surface area contributed by atoms with E-state index in [9.17, 15) is 24.1 Å². The van der Waals surface area contributed by atoms with Crippen LogP contribution in [0.5, 0.6) is 0 Å². The molecule has 154 valence electrons. The van der Waals surface area contributed by atoms with Crippen LogP contribution in [0.4, 0.5) is 10.1 Å². The number of ether oxygens (including phenoxy) is 1. The summed E-state index contributed by atoms with van der Waals surface area (Å²) in [5.41, 5.74) is 0.289. The molecule has 0 bridgehead atoms. The molecule has 0 saturated carbocycles. The molecule has 0 saturated heterocycles. The van der Waals surface area contributed by atoms with Crippen LogP contribution in [0.2, 0.25) is 0 Å². The lowest BCUT2D eigenvalue weighted by atomic mass is 10.2. The van der Waals surface area contributed by atoms with Gasteiger partial charge in [0.1, 0.15) is 11.9 Å². The highest BCUT2D eigenvalue weighted by Gasteiger charge is 2.20. The molecule has 1 amide bonds. The molecule has 0 unspecified atom stereocenters. The van der Waals surface area contributed by atoms with Crippen molar-refractivity contribution < 1.29 is 28.2 Å². The topological polar surface area (TPSA) is 137 Å². The number of carbonyl (C=O) groups is 2. The number of amides is 1. The van der Waals surface area contributed by atoms with Crippen molar-refractivity contribution in [2.24, 2.45) is 0 Å². The predicted octanol–water partition coefficient (Wildman–Crippen LogP) is 2.65. The third kappa shape index (κ3) is 5.01. The van der Waals surface area contributed by atoms with E-state index in [0.717, 1.165) is 6.07 Å². The number of nitrogens with one attached hydrogen (secondary N) is 1. The Balaban J connectivity index is 1.55. The highest BCUT2D eigenvalue weighted by molar-refractivity contribution is 5.97. The number of benzene rings is 2. The van der Waals surface area contributed by atoms with Crippen LogP contribution in [0, 0.1) is 15.9 Å². The number of non-ortho nitro benzene ring substituents is 1. The van der Waals surface area contributed by atoms with Crippen molar-refractivity contribution in [3.63, 3.8) is 0 Å². The SMILES string of the molecule is C[C@H](NC(=O)c1cccc([N+](=O)[O-])c1)C(=O)OCc1noc(-c2ccc(F)cc2)n1. The summed E-state index contributed by atoms with van der Waals surface area (Å²) in [4.78, 5) is 38.5. The Kier molecular flexibility index (Phi) is 6.11. The summed E-state index contributed by atoms with van der Waals surface area (Å²) in [6.45, 7) is 1.10. The number of nitro benzene ring substituents is 1. The van der Waals surface area contributed by atoms with Gasteiger partial charge in [0, 0.05) is 23.3 Å². The van der Waals surface area contributed by atoms with Gasteiger partial charge >= 0.3 is 5.97 Å². The fraction of sp³-hybridized carbons (Fsp3) is 0.158. The van der Waals surface area contributed by atoms with Crippen molar-refractivity contribution in [1.82, 2.24) is 15.5 Å². The quantitative estimate of drug-likeness (QED) is 0.354. The Labute approximate surface area is 168 Å². The highest BCUT2D eigenvalue weighted by atomic mass is 19.1. The van der Waals surface area contributed by atoms with Crippen LogP contribution in [-0.4, -0.2) is 33.0 Å². The van der Waals surface area contributed by atoms with Crippen molar-refractivity contribution in [1.29, 1.82) is 0 Å². The van der Waals surface area contributed by atoms with Crippen molar-refractivity contribution in [3.8, 4) is 11.5 Å². The zero-order valence-electron chi connectivity index (χ0n) is 15.6. The lowest BCUT2D eigenvalue weighted by Gasteiger charge is -2.12. The maximum Gasteiger partial charge on any atom is 0.328 e. The van der Waals surface area contributed by atoms with E-state index in [4.69, 9.17) is 9.26 Å². The van der Waals surface area contributed by atoms with Crippen LogP contribution in [0.25, 0.3) is 11.5 Å². The van der Waals surface area contributed by atoms with Gasteiger partial charge in [-0.25, -0.2) is 9.18 Å². The Morgan fingerprint density at radius 1 is 1.27 bits per heavy atom. The predicted molar refractivity (Wildman–Crippen MR) is 99.5 cm³/mol. The van der Waals surface area contributed by atoms with E-state index in [0.29, 0.717) is 5.56 Å². The van der Waals surface area contributed by atoms with E-state index in [-0.39, 0.29) is 29.6 Å². The minimum absolute atomic E-state index is 0.0333. The van der Waals surface area contributed by atoms with Crippen LogP contribution in [-0.2, 0) is 16.1 Å². The van der Waals surface area contributed by atoms with Crippen molar-refractivity contribution >= 4 is 17.6 Å². The number of hydrogen-bond acceptors (Lipinski definition) is 8. The first kappa shape index (κ1) is 20.6. The Hall–Kier alpha value is -4.15. The number of aromatic nitrogens is 2. The Morgan fingerprint density at radius 3 is 2.70 bits per heavy atom. The monoisotopic (exact) mass is 414 g/mol. The van der Waals surface area contributed by atoms with Crippen molar-refractivity contribution in [3.05, 3.63) is 75.9 Å². The molecule has 11 heteroatoms. The number of carbonyl (C=O) groups excluding carboxylic acids is 2. The number of halogens is 1. The molecule has 3 aromatic rings. The van der Waals surface area contributed by atoms with Gasteiger partial charge in [-0.05, 0) is 37.3 Å². The average molecular weight is 414 g/mol. The van der Waals surface area contributed by atoms with E-state index in [2.05, 4.69) is 15.5 Å². The number of esters is 1. The van der Waals surface area contributed by atoms with E-state index >= 15 is 0 Å². The molecule has 30 heavy (non-hydrogen) atoms. The van der Waals surface area contributed by atoms with Gasteiger partial charge in [0.05, 0.1) is 4.92 Å². The normalized spacial score (nSPS) is 11.5. The van der Waals surface area contributed by atoms with Gasteiger partial charge in [0.2, 0.25) is 5.82 Å². The molecule has 0 aliphatic rings. The van der Waals surface area contributed by atoms with Crippen molar-refractivity contribution in [2.75, 3.05) is 0 Å². The van der Waals surface area contributed by atoms with Gasteiger partial charge in [-0.3, -0.25) is 14.9 Å². The Morgan fingerprint density at radius 2 is 2.00 bits per heavy atom. The molecular formula is C19H15FN4O6. The minimum atomic E-state index is -1.03. The Bertz CT molecular complexity index is 1080. The zero-order chi connectivity index (χ0) is 21.7. The largest absolute Gasteiger partial charge is 0.456 e. The van der Waals surface area contributed by atoms with E-state index < -0.39 is 28.7 Å². The average Bonchev–Trinajstić information content (AvgIpc) is 3.21. The summed E-state index contributed by atoms with van der Waals surface area (Å²) < 4.78 is 23.0. The third-order valence-corrected chi connectivity index (χ3v) is 3.92. The molecule has 2 aromatic carbocycles. The summed E-state index contributed by atoms with van der Waals surface area (Å²) in [6.07, 6.45) is 0. The number of nitro groups is 1. The molecule has 0 radical (unpaired) electrons. The molecule has 3 rings (SSSR count). The molecule has 0 aliphatic carbocycles. The second-order valence-electron chi connectivity index (χ2n) is 6.13. The van der Waals surface area contributed by atoms with Gasteiger partial charge in [0.25, 0.3) is 17.5 Å². The van der Waals surface area contributed by atoms with Gasteiger partial charge in [0.15, 0.2) is 6.61 Å². The van der Waals surface area contributed by atoms with Crippen LogP contribution < -0.4 is 5.32 Å². The summed E-state index contributed by atoms with van der Waals surface area (Å²) >= 11 is 0. The number of rotatable bonds is 7. The summed E-state index contributed by atoms with van der Waals surface area (Å²) in [5, 5.41) is 16.9. The lowest BCUT2D eigenvalue weighted by Crippen LogP contribution is -2.39. The van der Waals surface area contributed by atoms with Gasteiger partial charge in [-0.1, -0.05) is 11.2 Å². The second kappa shape index (κ2) is 8.90. The van der Waals surface area contributed by atoms with Crippen molar-refractivity contribution in [2.45, 2.75) is 19.6 Å². The molecular weight excluding hydrogens is 399 g/mol. The summed E-state index contributed by atoms with van der Waals surface area (Å²) in [5.74, 6) is -1.62. The molecule has 1 N–H and O–H groups in total. The van der Waals surface area contributed by atoms with Gasteiger partial charge < -0.3 is 14.6 Å². The highest BCUT2D eigenvalue weighted by Crippen LogP contribution is 2.17. The van der Waals surface area contributed by atoms with Crippen LogP contribution >= 0.6 is 0 Å². The first-order valence-electron chi connectivity index (χ1n) is 8.64. The third-order valence-electron chi connectivity index (χ3n) is 3.92. The molecule has 1 aromatic heterocycles. The van der Waals surface area contributed by atoms with E-state index in [1.807, 2.05) is 0 Å². The molecule has 1 atom stereocenters. The van der Waals surface area contributed by atoms with E-state index in [1.54, 1.807) is 0 Å². The zero-order valence-corrected chi connectivity index (χ0v) is 15.6. The maximum absolute atomic E-state index is 13.0. The lowest BCUT2D eigenvalue weighted by molar-refractivity contribution is -0.384. The fourth-order valence-electron chi connectivity index (χ4n) is 2.38. The van der Waals surface area contributed by atoms with Crippen LogP contribution in [0.1, 0.15) is 23.1 Å². The number of nitrogens with zero attached hydrogens (tertiary/aromatic N) is 3. The molecule has 10 nitrogen and oxygen atoms in total. The standard InChI is InChI=1S/C19H15FN4O6/c1-11(21-17(25)13-3-2-4-15(9-13)24(27)28)19(26)29-10-16-22-18(30-23-16)12-5-7-14(20)8-6-12/h2-9,11H,10H2,1H3,(H,21,25)/t11-/m0/s1. The maximum atomic E-state index is 13.0. The molecule has 1 heterocycles. The summed E-state index contributed by atoms with van der Waals surface area (Å²) in [7, 11) is 0. The van der Waals surface area contributed by atoms with Gasteiger partial charge in [-0.15, -0.1) is 0 Å². The summed E-state index contributed by atoms with van der Waals surface area (Å²) in [6, 6.07) is 9.48. The van der Waals surface area contributed by atoms with Crippen LogP contribution in [0.3, 0.4) is 0 Å².